The topological polar surface area (TPSA) is 49.4 Å². The fourth-order valence-corrected chi connectivity index (χ4v) is 3.50. The number of amides is 2. The van der Waals surface area contributed by atoms with Gasteiger partial charge in [0.2, 0.25) is 11.8 Å². The van der Waals surface area contributed by atoms with Crippen molar-refractivity contribution >= 4 is 35.2 Å². The minimum atomic E-state index is -0.549. The van der Waals surface area contributed by atoms with Crippen molar-refractivity contribution in [3.63, 3.8) is 0 Å². The number of benzene rings is 2. The quantitative estimate of drug-likeness (QED) is 0.597. The lowest BCUT2D eigenvalue weighted by atomic mass is 10.1. The summed E-state index contributed by atoms with van der Waals surface area (Å²) in [6.07, 6.45) is 0.845. The SMILES string of the molecule is CC[C@H](C)NC(=O)[C@H](C)N(Cc1ccccc1)C(=O)CSc1ccc(Cl)cc1. The Bertz CT molecular complexity index is 768. The summed E-state index contributed by atoms with van der Waals surface area (Å²) in [5.74, 6) is 0.0563. The highest BCUT2D eigenvalue weighted by Crippen LogP contribution is 2.21. The molecule has 4 nitrogen and oxygen atoms in total. The van der Waals surface area contributed by atoms with Gasteiger partial charge < -0.3 is 10.2 Å². The van der Waals surface area contributed by atoms with Crippen LogP contribution < -0.4 is 5.32 Å². The molecular weight excluding hydrogens is 392 g/mol. The van der Waals surface area contributed by atoms with Gasteiger partial charge in [-0.15, -0.1) is 11.8 Å². The maximum absolute atomic E-state index is 13.0. The molecule has 0 spiro atoms. The van der Waals surface area contributed by atoms with Gasteiger partial charge in [-0.1, -0.05) is 48.9 Å². The Kier molecular flexibility index (Phi) is 8.87. The van der Waals surface area contributed by atoms with Gasteiger partial charge in [0.15, 0.2) is 0 Å². The molecule has 0 aliphatic heterocycles. The first-order valence-electron chi connectivity index (χ1n) is 9.42. The van der Waals surface area contributed by atoms with Crippen LogP contribution in [0.3, 0.4) is 0 Å². The molecule has 150 valence electrons. The van der Waals surface area contributed by atoms with Crippen molar-refractivity contribution in [2.24, 2.45) is 0 Å². The van der Waals surface area contributed by atoms with Gasteiger partial charge in [0.25, 0.3) is 0 Å². The Morgan fingerprint density at radius 1 is 1.07 bits per heavy atom. The van der Waals surface area contributed by atoms with E-state index in [1.807, 2.05) is 56.3 Å². The number of hydrogen-bond donors (Lipinski definition) is 1. The molecule has 28 heavy (non-hydrogen) atoms. The highest BCUT2D eigenvalue weighted by Gasteiger charge is 2.26. The van der Waals surface area contributed by atoms with Gasteiger partial charge in [0.1, 0.15) is 6.04 Å². The summed E-state index contributed by atoms with van der Waals surface area (Å²) in [6.45, 7) is 6.16. The van der Waals surface area contributed by atoms with Crippen LogP contribution >= 0.6 is 23.4 Å². The Morgan fingerprint density at radius 3 is 2.32 bits per heavy atom. The number of rotatable bonds is 9. The number of carbonyl (C=O) groups is 2. The van der Waals surface area contributed by atoms with Crippen LogP contribution in [0, 0.1) is 0 Å². The minimum absolute atomic E-state index is 0.0735. The maximum Gasteiger partial charge on any atom is 0.242 e. The molecule has 0 saturated carbocycles. The van der Waals surface area contributed by atoms with E-state index in [4.69, 9.17) is 11.6 Å². The average molecular weight is 419 g/mol. The van der Waals surface area contributed by atoms with Crippen molar-refractivity contribution in [2.75, 3.05) is 5.75 Å². The third kappa shape index (κ3) is 6.88. The van der Waals surface area contributed by atoms with Gasteiger partial charge in [-0.25, -0.2) is 0 Å². The zero-order chi connectivity index (χ0) is 20.5. The van der Waals surface area contributed by atoms with Gasteiger partial charge in [0.05, 0.1) is 5.75 Å². The molecular formula is C22H27ClN2O2S. The maximum atomic E-state index is 13.0. The van der Waals surface area contributed by atoms with E-state index in [0.717, 1.165) is 16.9 Å². The number of hydrogen-bond acceptors (Lipinski definition) is 3. The van der Waals surface area contributed by atoms with E-state index in [1.54, 1.807) is 24.0 Å². The summed E-state index contributed by atoms with van der Waals surface area (Å²) in [4.78, 5) is 28.2. The van der Waals surface area contributed by atoms with Crippen LogP contribution in [0.25, 0.3) is 0 Å². The van der Waals surface area contributed by atoms with Crippen LogP contribution in [-0.4, -0.2) is 34.6 Å². The molecule has 0 unspecified atom stereocenters. The van der Waals surface area contributed by atoms with Gasteiger partial charge >= 0.3 is 0 Å². The monoisotopic (exact) mass is 418 g/mol. The Morgan fingerprint density at radius 2 is 1.71 bits per heavy atom. The molecule has 2 atom stereocenters. The smallest absolute Gasteiger partial charge is 0.242 e. The molecule has 0 fully saturated rings. The predicted molar refractivity (Wildman–Crippen MR) is 117 cm³/mol. The van der Waals surface area contributed by atoms with Crippen LogP contribution in [0.4, 0.5) is 0 Å². The highest BCUT2D eigenvalue weighted by molar-refractivity contribution is 8.00. The molecule has 0 heterocycles. The molecule has 0 aliphatic rings. The van der Waals surface area contributed by atoms with Crippen molar-refractivity contribution in [2.45, 2.75) is 50.7 Å². The van der Waals surface area contributed by atoms with E-state index < -0.39 is 6.04 Å². The van der Waals surface area contributed by atoms with Crippen molar-refractivity contribution in [3.05, 3.63) is 65.2 Å². The number of nitrogens with zero attached hydrogens (tertiary/aromatic N) is 1. The Balaban J connectivity index is 2.10. The molecule has 0 aliphatic carbocycles. The average Bonchev–Trinajstić information content (AvgIpc) is 2.71. The minimum Gasteiger partial charge on any atom is -0.352 e. The number of halogens is 1. The summed E-state index contributed by atoms with van der Waals surface area (Å²) in [5.41, 5.74) is 0.996. The van der Waals surface area contributed by atoms with Gasteiger partial charge in [-0.2, -0.15) is 0 Å². The molecule has 0 saturated heterocycles. The summed E-state index contributed by atoms with van der Waals surface area (Å²) < 4.78 is 0. The predicted octanol–water partition coefficient (Wildman–Crippen LogP) is 4.76. The van der Waals surface area contributed by atoms with Crippen molar-refractivity contribution < 1.29 is 9.59 Å². The standard InChI is InChI=1S/C22H27ClN2O2S/c1-4-16(2)24-22(27)17(3)25(14-18-8-6-5-7-9-18)21(26)15-28-20-12-10-19(23)11-13-20/h5-13,16-17H,4,14-15H2,1-3H3,(H,24,27)/t16-,17-/m0/s1. The first kappa shape index (κ1) is 22.3. The second-order valence-electron chi connectivity index (χ2n) is 6.74. The first-order valence-corrected chi connectivity index (χ1v) is 10.8. The molecule has 0 radical (unpaired) electrons. The van der Waals surface area contributed by atoms with Crippen LogP contribution in [-0.2, 0) is 16.1 Å². The van der Waals surface area contributed by atoms with Crippen molar-refractivity contribution in [3.8, 4) is 0 Å². The summed E-state index contributed by atoms with van der Waals surface area (Å²) in [6, 6.07) is 16.6. The van der Waals surface area contributed by atoms with Crippen molar-refractivity contribution in [1.82, 2.24) is 10.2 Å². The van der Waals surface area contributed by atoms with Gasteiger partial charge in [-0.3, -0.25) is 9.59 Å². The molecule has 2 amide bonds. The Labute approximate surface area is 176 Å². The van der Waals surface area contributed by atoms with E-state index in [0.29, 0.717) is 11.6 Å². The van der Waals surface area contributed by atoms with Crippen LogP contribution in [0.15, 0.2) is 59.5 Å². The van der Waals surface area contributed by atoms with E-state index >= 15 is 0 Å². The number of carbonyl (C=O) groups excluding carboxylic acids is 2. The second kappa shape index (κ2) is 11.1. The lowest BCUT2D eigenvalue weighted by Crippen LogP contribution is -2.50. The van der Waals surface area contributed by atoms with E-state index in [2.05, 4.69) is 5.32 Å². The zero-order valence-corrected chi connectivity index (χ0v) is 18.1. The van der Waals surface area contributed by atoms with Crippen molar-refractivity contribution in [1.29, 1.82) is 0 Å². The molecule has 1 N–H and O–H groups in total. The number of nitrogens with one attached hydrogen (secondary N) is 1. The fraction of sp³-hybridized carbons (Fsp3) is 0.364. The number of thioether (sulfide) groups is 1. The molecule has 2 rings (SSSR count). The highest BCUT2D eigenvalue weighted by atomic mass is 35.5. The third-order valence-corrected chi connectivity index (χ3v) is 5.79. The van der Waals surface area contributed by atoms with Crippen LogP contribution in [0.1, 0.15) is 32.8 Å². The van der Waals surface area contributed by atoms with E-state index in [9.17, 15) is 9.59 Å². The molecule has 6 heteroatoms. The second-order valence-corrected chi connectivity index (χ2v) is 8.23. The van der Waals surface area contributed by atoms with Crippen LogP contribution in [0.2, 0.25) is 5.02 Å². The largest absolute Gasteiger partial charge is 0.352 e. The Hall–Kier alpha value is -1.98. The summed E-state index contributed by atoms with van der Waals surface area (Å²) in [5, 5.41) is 3.64. The summed E-state index contributed by atoms with van der Waals surface area (Å²) >= 11 is 7.36. The lowest BCUT2D eigenvalue weighted by molar-refractivity contribution is -0.138. The molecule has 2 aromatic carbocycles. The third-order valence-electron chi connectivity index (χ3n) is 4.54. The van der Waals surface area contributed by atoms with Crippen LogP contribution in [0.5, 0.6) is 0 Å². The van der Waals surface area contributed by atoms with E-state index in [1.165, 1.54) is 11.8 Å². The molecule has 2 aromatic rings. The normalized spacial score (nSPS) is 12.9. The van der Waals surface area contributed by atoms with Gasteiger partial charge in [-0.05, 0) is 50.1 Å². The molecule has 0 bridgehead atoms. The molecule has 0 aromatic heterocycles. The lowest BCUT2D eigenvalue weighted by Gasteiger charge is -2.29. The van der Waals surface area contributed by atoms with E-state index in [-0.39, 0.29) is 23.6 Å². The zero-order valence-electron chi connectivity index (χ0n) is 16.5. The van der Waals surface area contributed by atoms with Gasteiger partial charge in [0, 0.05) is 22.5 Å². The fourth-order valence-electron chi connectivity index (χ4n) is 2.59. The summed E-state index contributed by atoms with van der Waals surface area (Å²) in [7, 11) is 0. The first-order chi connectivity index (χ1) is 13.4.